The van der Waals surface area contributed by atoms with E-state index in [1.165, 1.54) is 11.1 Å². The Morgan fingerprint density at radius 2 is 1.71 bits per heavy atom. The Balaban J connectivity index is 1.31. The van der Waals surface area contributed by atoms with Crippen LogP contribution >= 0.6 is 0 Å². The molecule has 0 spiro atoms. The average Bonchev–Trinajstić information content (AvgIpc) is 2.74. The molecule has 0 aliphatic carbocycles. The lowest BCUT2D eigenvalue weighted by Gasteiger charge is -2.34. The SMILES string of the molecule is O=C(Nc1ccccc1)C1CCCN(CC(=O)N2CCc3ccccc3C2)C1. The quantitative estimate of drug-likeness (QED) is 0.891. The van der Waals surface area contributed by atoms with Crippen molar-refractivity contribution in [3.05, 3.63) is 65.7 Å². The molecule has 2 aromatic carbocycles. The lowest BCUT2D eigenvalue weighted by atomic mass is 9.96. The maximum Gasteiger partial charge on any atom is 0.237 e. The molecule has 1 unspecified atom stereocenters. The summed E-state index contributed by atoms with van der Waals surface area (Å²) in [5, 5.41) is 3.00. The van der Waals surface area contributed by atoms with Crippen LogP contribution in [0.5, 0.6) is 0 Å². The van der Waals surface area contributed by atoms with Gasteiger partial charge in [0.2, 0.25) is 11.8 Å². The number of para-hydroxylation sites is 1. The van der Waals surface area contributed by atoms with Crippen LogP contribution in [0, 0.1) is 5.92 Å². The highest BCUT2D eigenvalue weighted by molar-refractivity contribution is 5.92. The Labute approximate surface area is 166 Å². The van der Waals surface area contributed by atoms with Gasteiger partial charge in [-0.3, -0.25) is 14.5 Å². The van der Waals surface area contributed by atoms with Crippen molar-refractivity contribution in [2.24, 2.45) is 5.92 Å². The number of rotatable bonds is 4. The van der Waals surface area contributed by atoms with Crippen molar-refractivity contribution in [1.82, 2.24) is 9.80 Å². The number of anilines is 1. The van der Waals surface area contributed by atoms with Gasteiger partial charge in [0.1, 0.15) is 0 Å². The normalized spacial score (nSPS) is 19.7. The highest BCUT2D eigenvalue weighted by Gasteiger charge is 2.28. The molecule has 5 nitrogen and oxygen atoms in total. The Bertz CT molecular complexity index is 837. The molecule has 2 aliphatic rings. The molecule has 2 aliphatic heterocycles. The van der Waals surface area contributed by atoms with Crippen molar-refractivity contribution in [1.29, 1.82) is 0 Å². The zero-order chi connectivity index (χ0) is 19.3. The van der Waals surface area contributed by atoms with Crippen LogP contribution in [0.4, 0.5) is 5.69 Å². The molecule has 4 rings (SSSR count). The van der Waals surface area contributed by atoms with Gasteiger partial charge in [-0.15, -0.1) is 0 Å². The number of carbonyl (C=O) groups excluding carboxylic acids is 2. The van der Waals surface area contributed by atoms with Gasteiger partial charge in [-0.05, 0) is 49.1 Å². The number of benzene rings is 2. The minimum Gasteiger partial charge on any atom is -0.337 e. The number of hydrogen-bond acceptors (Lipinski definition) is 3. The maximum atomic E-state index is 12.8. The first-order valence-corrected chi connectivity index (χ1v) is 10.1. The van der Waals surface area contributed by atoms with Crippen LogP contribution in [0.15, 0.2) is 54.6 Å². The van der Waals surface area contributed by atoms with Gasteiger partial charge in [0, 0.05) is 25.3 Å². The highest BCUT2D eigenvalue weighted by atomic mass is 16.2. The third-order valence-corrected chi connectivity index (χ3v) is 5.76. The predicted molar refractivity (Wildman–Crippen MR) is 110 cm³/mol. The van der Waals surface area contributed by atoms with Crippen molar-refractivity contribution in [3.63, 3.8) is 0 Å². The molecule has 1 saturated heterocycles. The molecule has 2 aromatic rings. The van der Waals surface area contributed by atoms with Gasteiger partial charge >= 0.3 is 0 Å². The molecule has 5 heteroatoms. The van der Waals surface area contributed by atoms with Gasteiger partial charge < -0.3 is 10.2 Å². The molecule has 1 N–H and O–H groups in total. The molecule has 28 heavy (non-hydrogen) atoms. The molecule has 1 atom stereocenters. The molecule has 0 saturated carbocycles. The topological polar surface area (TPSA) is 52.7 Å². The van der Waals surface area contributed by atoms with Crippen LogP contribution < -0.4 is 5.32 Å². The summed E-state index contributed by atoms with van der Waals surface area (Å²) >= 11 is 0. The first-order chi connectivity index (χ1) is 13.7. The fraction of sp³-hybridized carbons (Fsp3) is 0.391. The van der Waals surface area contributed by atoms with Crippen LogP contribution in [0.1, 0.15) is 24.0 Å². The summed E-state index contributed by atoms with van der Waals surface area (Å²) in [6.45, 7) is 3.40. The number of piperidine rings is 1. The number of likely N-dealkylation sites (tertiary alicyclic amines) is 1. The maximum absolute atomic E-state index is 12.8. The van der Waals surface area contributed by atoms with E-state index >= 15 is 0 Å². The number of hydrogen-bond donors (Lipinski definition) is 1. The van der Waals surface area contributed by atoms with Crippen molar-refractivity contribution in [2.75, 3.05) is 31.5 Å². The van der Waals surface area contributed by atoms with Gasteiger partial charge in [-0.1, -0.05) is 42.5 Å². The Hall–Kier alpha value is -2.66. The second-order valence-electron chi connectivity index (χ2n) is 7.76. The molecule has 2 heterocycles. The summed E-state index contributed by atoms with van der Waals surface area (Å²) in [6, 6.07) is 17.9. The van der Waals surface area contributed by atoms with Crippen LogP contribution in [0.25, 0.3) is 0 Å². The van der Waals surface area contributed by atoms with Gasteiger partial charge in [0.05, 0.1) is 12.5 Å². The number of nitrogens with zero attached hydrogens (tertiary/aromatic N) is 2. The average molecular weight is 377 g/mol. The monoisotopic (exact) mass is 377 g/mol. The molecule has 0 aromatic heterocycles. The minimum absolute atomic E-state index is 0.0512. The minimum atomic E-state index is -0.0659. The summed E-state index contributed by atoms with van der Waals surface area (Å²) in [4.78, 5) is 29.5. The fourth-order valence-corrected chi connectivity index (χ4v) is 4.18. The predicted octanol–water partition coefficient (Wildman–Crippen LogP) is 2.92. The zero-order valence-corrected chi connectivity index (χ0v) is 16.1. The molecular weight excluding hydrogens is 350 g/mol. The van der Waals surface area contributed by atoms with E-state index in [-0.39, 0.29) is 17.7 Å². The van der Waals surface area contributed by atoms with Gasteiger partial charge in [0.15, 0.2) is 0 Å². The van der Waals surface area contributed by atoms with Gasteiger partial charge in [0.25, 0.3) is 0 Å². The van der Waals surface area contributed by atoms with Gasteiger partial charge in [-0.2, -0.15) is 0 Å². The van der Waals surface area contributed by atoms with Crippen molar-refractivity contribution >= 4 is 17.5 Å². The molecular formula is C23H27N3O2. The standard InChI is InChI=1S/C23H27N3O2/c27-22(26-14-12-18-7-4-5-8-19(18)16-26)17-25-13-6-9-20(15-25)23(28)24-21-10-2-1-3-11-21/h1-5,7-8,10-11,20H,6,9,12-17H2,(H,24,28). The summed E-state index contributed by atoms with van der Waals surface area (Å²) in [5.74, 6) is 0.151. The molecule has 0 bridgehead atoms. The highest BCUT2D eigenvalue weighted by Crippen LogP contribution is 2.21. The number of carbonyl (C=O) groups is 2. The van der Waals surface area contributed by atoms with E-state index < -0.39 is 0 Å². The van der Waals surface area contributed by atoms with E-state index in [0.29, 0.717) is 19.6 Å². The number of fused-ring (bicyclic) bond motifs is 1. The van der Waals surface area contributed by atoms with Crippen LogP contribution in [-0.4, -0.2) is 47.8 Å². The van der Waals surface area contributed by atoms with Crippen molar-refractivity contribution < 1.29 is 9.59 Å². The van der Waals surface area contributed by atoms with E-state index in [1.54, 1.807) is 0 Å². The smallest absolute Gasteiger partial charge is 0.237 e. The first-order valence-electron chi connectivity index (χ1n) is 10.1. The summed E-state index contributed by atoms with van der Waals surface area (Å²) in [5.41, 5.74) is 3.43. The molecule has 146 valence electrons. The third-order valence-electron chi connectivity index (χ3n) is 5.76. The van der Waals surface area contributed by atoms with Crippen molar-refractivity contribution in [2.45, 2.75) is 25.8 Å². The van der Waals surface area contributed by atoms with Gasteiger partial charge in [-0.25, -0.2) is 0 Å². The van der Waals surface area contributed by atoms with E-state index in [9.17, 15) is 9.59 Å². The summed E-state index contributed by atoms with van der Waals surface area (Å²) in [6.07, 6.45) is 2.74. The molecule has 1 fully saturated rings. The lowest BCUT2D eigenvalue weighted by Crippen LogP contribution is -2.47. The Morgan fingerprint density at radius 1 is 0.964 bits per heavy atom. The van der Waals surface area contributed by atoms with Crippen LogP contribution in [-0.2, 0) is 22.6 Å². The Kier molecular flexibility index (Phi) is 5.72. The van der Waals surface area contributed by atoms with E-state index in [2.05, 4.69) is 28.4 Å². The zero-order valence-electron chi connectivity index (χ0n) is 16.1. The van der Waals surface area contributed by atoms with Crippen LogP contribution in [0.3, 0.4) is 0 Å². The summed E-state index contributed by atoms with van der Waals surface area (Å²) < 4.78 is 0. The first kappa shape index (κ1) is 18.7. The molecule has 0 radical (unpaired) electrons. The Morgan fingerprint density at radius 3 is 2.54 bits per heavy atom. The van der Waals surface area contributed by atoms with E-state index in [1.807, 2.05) is 41.3 Å². The third kappa shape index (κ3) is 4.42. The fourth-order valence-electron chi connectivity index (χ4n) is 4.18. The van der Waals surface area contributed by atoms with Crippen molar-refractivity contribution in [3.8, 4) is 0 Å². The largest absolute Gasteiger partial charge is 0.337 e. The number of amides is 2. The second-order valence-corrected chi connectivity index (χ2v) is 7.76. The number of nitrogens with one attached hydrogen (secondary N) is 1. The summed E-state index contributed by atoms with van der Waals surface area (Å²) in [7, 11) is 0. The second kappa shape index (κ2) is 8.57. The van der Waals surface area contributed by atoms with E-state index in [0.717, 1.165) is 38.0 Å². The molecule has 2 amide bonds. The van der Waals surface area contributed by atoms with Crippen LogP contribution in [0.2, 0.25) is 0 Å². The lowest BCUT2D eigenvalue weighted by molar-refractivity contribution is -0.134. The van der Waals surface area contributed by atoms with E-state index in [4.69, 9.17) is 0 Å².